The van der Waals surface area contributed by atoms with E-state index in [1.54, 1.807) is 6.33 Å². The van der Waals surface area contributed by atoms with Gasteiger partial charge in [0.05, 0.1) is 0 Å². The Morgan fingerprint density at radius 1 is 0.958 bits per heavy atom. The van der Waals surface area contributed by atoms with Gasteiger partial charge in [0.2, 0.25) is 0 Å². The number of anilines is 2. The fourth-order valence-electron chi connectivity index (χ4n) is 2.58. The lowest BCUT2D eigenvalue weighted by atomic mass is 10.1. The highest BCUT2D eigenvalue weighted by molar-refractivity contribution is 5.48. The molecule has 0 saturated carbocycles. The highest BCUT2D eigenvalue weighted by Gasteiger charge is 2.06. The summed E-state index contributed by atoms with van der Waals surface area (Å²) in [5, 5.41) is 3.38. The summed E-state index contributed by atoms with van der Waals surface area (Å²) in [6.45, 7) is 3.69. The van der Waals surface area contributed by atoms with Gasteiger partial charge < -0.3 is 10.2 Å². The van der Waals surface area contributed by atoms with E-state index in [2.05, 4.69) is 75.6 Å². The second kappa shape index (κ2) is 7.59. The van der Waals surface area contributed by atoms with Crippen LogP contribution in [0.2, 0.25) is 0 Å². The average molecular weight is 318 g/mol. The summed E-state index contributed by atoms with van der Waals surface area (Å²) in [6, 6.07) is 20.7. The van der Waals surface area contributed by atoms with Gasteiger partial charge in [-0.15, -0.1) is 0 Å². The van der Waals surface area contributed by atoms with E-state index in [9.17, 15) is 0 Å². The third kappa shape index (κ3) is 4.10. The summed E-state index contributed by atoms with van der Waals surface area (Å²) < 4.78 is 0. The molecule has 0 saturated heterocycles. The van der Waals surface area contributed by atoms with E-state index in [0.29, 0.717) is 0 Å². The van der Waals surface area contributed by atoms with Gasteiger partial charge in [-0.3, -0.25) is 0 Å². The van der Waals surface area contributed by atoms with Crippen LogP contribution in [0, 0.1) is 6.92 Å². The zero-order chi connectivity index (χ0) is 16.8. The number of nitrogens with one attached hydrogen (secondary N) is 1. The van der Waals surface area contributed by atoms with Crippen LogP contribution in [0.4, 0.5) is 11.6 Å². The fourth-order valence-corrected chi connectivity index (χ4v) is 2.58. The first-order chi connectivity index (χ1) is 11.7. The van der Waals surface area contributed by atoms with Gasteiger partial charge in [-0.05, 0) is 23.6 Å². The molecule has 122 valence electrons. The van der Waals surface area contributed by atoms with Gasteiger partial charge >= 0.3 is 0 Å². The molecule has 24 heavy (non-hydrogen) atoms. The quantitative estimate of drug-likeness (QED) is 0.745. The standard InChI is InChI=1S/C20H22N4/c1-16-8-6-7-11-18(16)13-21-19-12-20(23-15-22-19)24(2)14-17-9-4-3-5-10-17/h3-12,15H,13-14H2,1-2H3,(H,21,22,23). The Bertz CT molecular complexity index is 786. The van der Waals surface area contributed by atoms with Gasteiger partial charge in [-0.25, -0.2) is 9.97 Å². The molecule has 3 aromatic rings. The molecule has 1 heterocycles. The third-order valence-electron chi connectivity index (χ3n) is 4.03. The molecule has 0 spiro atoms. The molecular weight excluding hydrogens is 296 g/mol. The number of hydrogen-bond acceptors (Lipinski definition) is 4. The lowest BCUT2D eigenvalue weighted by Crippen LogP contribution is -2.18. The first-order valence-electron chi connectivity index (χ1n) is 8.08. The van der Waals surface area contributed by atoms with Crippen LogP contribution in [0.25, 0.3) is 0 Å². The molecule has 0 aliphatic carbocycles. The molecule has 0 unspecified atom stereocenters. The van der Waals surface area contributed by atoms with Crippen molar-refractivity contribution in [3.05, 3.63) is 83.7 Å². The predicted molar refractivity (Wildman–Crippen MR) is 99.1 cm³/mol. The molecule has 0 bridgehead atoms. The molecule has 2 aromatic carbocycles. The number of hydrogen-bond donors (Lipinski definition) is 1. The van der Waals surface area contributed by atoms with Crippen LogP contribution in [0.15, 0.2) is 67.0 Å². The lowest BCUT2D eigenvalue weighted by Gasteiger charge is -2.19. The normalized spacial score (nSPS) is 10.4. The van der Waals surface area contributed by atoms with Crippen molar-refractivity contribution >= 4 is 11.6 Å². The summed E-state index contributed by atoms with van der Waals surface area (Å²) in [6.07, 6.45) is 1.61. The van der Waals surface area contributed by atoms with E-state index < -0.39 is 0 Å². The average Bonchev–Trinajstić information content (AvgIpc) is 2.62. The van der Waals surface area contributed by atoms with Gasteiger partial charge in [-0.1, -0.05) is 54.6 Å². The number of aromatic nitrogens is 2. The Labute approximate surface area is 143 Å². The van der Waals surface area contributed by atoms with Crippen LogP contribution in [-0.4, -0.2) is 17.0 Å². The SMILES string of the molecule is Cc1ccccc1CNc1cc(N(C)Cc2ccccc2)ncn1. The molecule has 0 aliphatic heterocycles. The van der Waals surface area contributed by atoms with Gasteiger partial charge in [-0.2, -0.15) is 0 Å². The van der Waals surface area contributed by atoms with Gasteiger partial charge in [0.15, 0.2) is 0 Å². The topological polar surface area (TPSA) is 41.0 Å². The zero-order valence-electron chi connectivity index (χ0n) is 14.1. The molecule has 0 aliphatic rings. The Balaban J connectivity index is 1.66. The second-order valence-electron chi connectivity index (χ2n) is 5.88. The summed E-state index contributed by atoms with van der Waals surface area (Å²) in [7, 11) is 2.04. The predicted octanol–water partition coefficient (Wildman–Crippen LogP) is 4.03. The van der Waals surface area contributed by atoms with E-state index in [1.165, 1.54) is 16.7 Å². The van der Waals surface area contributed by atoms with Gasteiger partial charge in [0, 0.05) is 26.2 Å². The van der Waals surface area contributed by atoms with Crippen molar-refractivity contribution in [2.45, 2.75) is 20.0 Å². The van der Waals surface area contributed by atoms with Crippen LogP contribution in [0.3, 0.4) is 0 Å². The maximum atomic E-state index is 4.38. The summed E-state index contributed by atoms with van der Waals surface area (Å²) in [4.78, 5) is 10.8. The molecule has 0 atom stereocenters. The van der Waals surface area contributed by atoms with Crippen molar-refractivity contribution in [3.8, 4) is 0 Å². The molecule has 3 rings (SSSR count). The first kappa shape index (κ1) is 16.0. The molecule has 1 aromatic heterocycles. The summed E-state index contributed by atoms with van der Waals surface area (Å²) in [5.41, 5.74) is 3.81. The Morgan fingerprint density at radius 2 is 1.71 bits per heavy atom. The van der Waals surface area contributed by atoms with E-state index in [4.69, 9.17) is 0 Å². The Kier molecular flexibility index (Phi) is 5.06. The minimum absolute atomic E-state index is 0.755. The van der Waals surface area contributed by atoms with Crippen molar-refractivity contribution < 1.29 is 0 Å². The zero-order valence-corrected chi connectivity index (χ0v) is 14.1. The minimum Gasteiger partial charge on any atom is -0.366 e. The molecule has 0 radical (unpaired) electrons. The van der Waals surface area contributed by atoms with E-state index >= 15 is 0 Å². The highest BCUT2D eigenvalue weighted by Crippen LogP contribution is 2.16. The molecule has 0 fully saturated rings. The highest BCUT2D eigenvalue weighted by atomic mass is 15.2. The Hall–Kier alpha value is -2.88. The van der Waals surface area contributed by atoms with Crippen molar-refractivity contribution in [3.63, 3.8) is 0 Å². The third-order valence-corrected chi connectivity index (χ3v) is 4.03. The van der Waals surface area contributed by atoms with Crippen molar-refractivity contribution in [1.82, 2.24) is 9.97 Å². The minimum atomic E-state index is 0.755. The van der Waals surface area contributed by atoms with E-state index in [0.717, 1.165) is 24.7 Å². The van der Waals surface area contributed by atoms with Crippen LogP contribution < -0.4 is 10.2 Å². The summed E-state index contributed by atoms with van der Waals surface area (Å²) >= 11 is 0. The summed E-state index contributed by atoms with van der Waals surface area (Å²) in [5.74, 6) is 1.74. The monoisotopic (exact) mass is 318 g/mol. The van der Waals surface area contributed by atoms with Crippen LogP contribution in [0.5, 0.6) is 0 Å². The van der Waals surface area contributed by atoms with Crippen LogP contribution in [-0.2, 0) is 13.1 Å². The Morgan fingerprint density at radius 3 is 2.50 bits per heavy atom. The van der Waals surface area contributed by atoms with Crippen molar-refractivity contribution in [1.29, 1.82) is 0 Å². The molecule has 4 heteroatoms. The first-order valence-corrected chi connectivity index (χ1v) is 8.08. The van der Waals surface area contributed by atoms with Crippen molar-refractivity contribution in [2.75, 3.05) is 17.3 Å². The smallest absolute Gasteiger partial charge is 0.134 e. The number of benzene rings is 2. The number of rotatable bonds is 6. The van der Waals surface area contributed by atoms with Crippen molar-refractivity contribution in [2.24, 2.45) is 0 Å². The van der Waals surface area contributed by atoms with Gasteiger partial charge in [0.25, 0.3) is 0 Å². The maximum absolute atomic E-state index is 4.38. The van der Waals surface area contributed by atoms with Crippen LogP contribution >= 0.6 is 0 Å². The molecule has 0 amide bonds. The van der Waals surface area contributed by atoms with Gasteiger partial charge in [0.1, 0.15) is 18.0 Å². The second-order valence-corrected chi connectivity index (χ2v) is 5.88. The van der Waals surface area contributed by atoms with E-state index in [-0.39, 0.29) is 0 Å². The number of aryl methyl sites for hydroxylation is 1. The lowest BCUT2D eigenvalue weighted by molar-refractivity contribution is 0.890. The number of nitrogens with zero attached hydrogens (tertiary/aromatic N) is 3. The molecular formula is C20H22N4. The van der Waals surface area contributed by atoms with Crippen LogP contribution in [0.1, 0.15) is 16.7 Å². The molecule has 4 nitrogen and oxygen atoms in total. The fraction of sp³-hybridized carbons (Fsp3) is 0.200. The van der Waals surface area contributed by atoms with E-state index in [1.807, 2.05) is 19.2 Å². The maximum Gasteiger partial charge on any atom is 0.134 e. The molecule has 1 N–H and O–H groups in total. The largest absolute Gasteiger partial charge is 0.366 e.